The molecule has 0 fully saturated rings. The molecule has 0 saturated carbocycles. The molecule has 3 N–H and O–H groups in total. The van der Waals surface area contributed by atoms with Crippen LogP contribution in [0.4, 0.5) is 0 Å². The van der Waals surface area contributed by atoms with E-state index < -0.39 is 51.0 Å². The highest BCUT2D eigenvalue weighted by Crippen LogP contribution is 2.31. The highest BCUT2D eigenvalue weighted by atomic mass is 16.6. The third-order valence-corrected chi connectivity index (χ3v) is 14.1. The molecule has 0 saturated heterocycles. The fraction of sp³-hybridized carbons (Fsp3) is 0.971. The minimum absolute atomic E-state index is 0.0716. The van der Waals surface area contributed by atoms with Gasteiger partial charge in [0.05, 0.1) is 113 Å². The Morgan fingerprint density at radius 3 is 1.05 bits per heavy atom. The van der Waals surface area contributed by atoms with Gasteiger partial charge in [0.25, 0.3) is 0 Å². The molecular weight excluding hydrogens is 1100 g/mol. The fourth-order valence-electron chi connectivity index (χ4n) is 8.92. The summed E-state index contributed by atoms with van der Waals surface area (Å²) >= 11 is 0. The highest BCUT2D eigenvalue weighted by Gasteiger charge is 2.36. The van der Waals surface area contributed by atoms with Crippen molar-refractivity contribution in [2.24, 2.45) is 5.73 Å². The van der Waals surface area contributed by atoms with Crippen molar-refractivity contribution in [3.8, 4) is 0 Å². The van der Waals surface area contributed by atoms with Gasteiger partial charge in [0.2, 0.25) is 5.91 Å². The number of hydrogen-bond donors (Lipinski definition) is 2. The molecule has 86 heavy (non-hydrogen) atoms. The number of Topliss-reactive ketones (excluding diaryl/α,β-unsaturated/α-hetero) is 1. The second-order valence-electron chi connectivity index (χ2n) is 32.6. The molecule has 0 radical (unpaired) electrons. The van der Waals surface area contributed by atoms with E-state index >= 15 is 0 Å². The zero-order chi connectivity index (χ0) is 66.8. The molecule has 1 amide bonds. The van der Waals surface area contributed by atoms with Gasteiger partial charge in [-0.3, -0.25) is 4.79 Å². The standard InChI is InChI=1S/C69H138N2O15/c1-53(72)31-29-32-57(73)71-39-30-40-74-49-56(86-67(24,25)38-46-80-69(28,70)48-55(85-66(22,23)37-44-78-61(11,12)13)51-82-63(16,17)34-42-76-59(5,6)7)52-83-64(18,19)35-45-79-68(26,27)47-54(84-65(20,21)36-43-77-60(8,9)10)50-81-62(14,15)33-41-75-58(2,3)4/h54-56H,29-52,70H2,1-28H3,(H,71,73). The maximum absolute atomic E-state index is 12.4. The van der Waals surface area contributed by atoms with Crippen LogP contribution >= 0.6 is 0 Å². The molecule has 4 unspecified atom stereocenters. The van der Waals surface area contributed by atoms with Gasteiger partial charge in [-0.25, -0.2) is 0 Å². The molecule has 0 rings (SSSR count). The van der Waals surface area contributed by atoms with Crippen molar-refractivity contribution in [2.75, 3.05) is 79.2 Å². The van der Waals surface area contributed by atoms with Crippen LogP contribution < -0.4 is 11.1 Å². The quantitative estimate of drug-likeness (QED) is 0.0431. The van der Waals surface area contributed by atoms with E-state index in [4.69, 9.17) is 67.3 Å². The van der Waals surface area contributed by atoms with Crippen molar-refractivity contribution in [3.05, 3.63) is 0 Å². The Morgan fingerprint density at radius 1 is 0.349 bits per heavy atom. The van der Waals surface area contributed by atoms with Gasteiger partial charge in [0.1, 0.15) is 17.6 Å². The second-order valence-corrected chi connectivity index (χ2v) is 32.6. The van der Waals surface area contributed by atoms with E-state index in [2.05, 4.69) is 171 Å². The Labute approximate surface area is 527 Å². The van der Waals surface area contributed by atoms with Crippen LogP contribution in [0, 0.1) is 0 Å². The highest BCUT2D eigenvalue weighted by molar-refractivity contribution is 5.78. The van der Waals surface area contributed by atoms with Crippen LogP contribution in [0.2, 0.25) is 0 Å². The average molecular weight is 1240 g/mol. The smallest absolute Gasteiger partial charge is 0.220 e. The van der Waals surface area contributed by atoms with E-state index in [1.54, 1.807) is 6.92 Å². The van der Waals surface area contributed by atoms with Crippen molar-refractivity contribution < 1.29 is 71.2 Å². The third-order valence-electron chi connectivity index (χ3n) is 14.1. The molecule has 17 nitrogen and oxygen atoms in total. The maximum atomic E-state index is 12.4. The van der Waals surface area contributed by atoms with Crippen molar-refractivity contribution in [2.45, 2.75) is 357 Å². The molecule has 0 aromatic carbocycles. The largest absolute Gasteiger partial charge is 0.379 e. The number of nitrogens with two attached hydrogens (primary N) is 1. The summed E-state index contributed by atoms with van der Waals surface area (Å²) in [6, 6.07) is 0. The monoisotopic (exact) mass is 1240 g/mol. The van der Waals surface area contributed by atoms with Crippen LogP contribution in [0.25, 0.3) is 0 Å². The van der Waals surface area contributed by atoms with Gasteiger partial charge in [-0.15, -0.1) is 0 Å². The van der Waals surface area contributed by atoms with Crippen LogP contribution in [-0.4, -0.2) is 177 Å². The summed E-state index contributed by atoms with van der Waals surface area (Å²) in [6.45, 7) is 62.5. The SMILES string of the molecule is CC(=O)CCCC(=O)NCCCOCC(COC(C)(C)CCOC(C)(C)CC(COC(C)(C)CCOC(C)(C)C)OC(C)(C)CCOC(C)(C)C)OC(C)(C)CCOC(C)(N)CC(COC(C)(C)CCOC(C)(C)C)OC(C)(C)CCOC(C)(C)C. The van der Waals surface area contributed by atoms with E-state index in [9.17, 15) is 9.59 Å². The number of rotatable bonds is 49. The van der Waals surface area contributed by atoms with Gasteiger partial charge in [-0.1, -0.05) is 0 Å². The Morgan fingerprint density at radius 2 is 0.674 bits per heavy atom. The molecular formula is C69H138N2O15. The molecule has 0 bridgehead atoms. The first-order chi connectivity index (χ1) is 38.7. The molecule has 0 aliphatic rings. The van der Waals surface area contributed by atoms with Crippen LogP contribution in [0.5, 0.6) is 0 Å². The first-order valence-electron chi connectivity index (χ1n) is 32.6. The van der Waals surface area contributed by atoms with Crippen LogP contribution in [-0.2, 0) is 71.2 Å². The summed E-state index contributed by atoms with van der Waals surface area (Å²) in [5.41, 5.74) is 1.26. The van der Waals surface area contributed by atoms with E-state index in [-0.39, 0.29) is 59.5 Å². The lowest BCUT2D eigenvalue weighted by Gasteiger charge is -2.38. The van der Waals surface area contributed by atoms with Crippen molar-refractivity contribution in [3.63, 3.8) is 0 Å². The van der Waals surface area contributed by atoms with Gasteiger partial charge in [0.15, 0.2) is 0 Å². The van der Waals surface area contributed by atoms with Crippen LogP contribution in [0.3, 0.4) is 0 Å². The number of nitrogens with one attached hydrogen (secondary N) is 1. The Balaban J connectivity index is 6.22. The summed E-state index contributed by atoms with van der Waals surface area (Å²) in [6.07, 6.45) is 5.78. The number of ketones is 1. The molecule has 0 aliphatic carbocycles. The number of ether oxygens (including phenoxy) is 13. The minimum Gasteiger partial charge on any atom is -0.379 e. The summed E-state index contributed by atoms with van der Waals surface area (Å²) < 4.78 is 84.1. The minimum atomic E-state index is -1.06. The van der Waals surface area contributed by atoms with Gasteiger partial charge in [-0.05, 0) is 245 Å². The van der Waals surface area contributed by atoms with Crippen LogP contribution in [0.15, 0.2) is 0 Å². The zero-order valence-corrected chi connectivity index (χ0v) is 60.9. The zero-order valence-electron chi connectivity index (χ0n) is 60.9. The molecule has 0 aliphatic heterocycles. The van der Waals surface area contributed by atoms with Gasteiger partial charge < -0.3 is 77.4 Å². The lowest BCUT2D eigenvalue weighted by Crippen LogP contribution is -2.48. The lowest BCUT2D eigenvalue weighted by molar-refractivity contribution is -0.177. The van der Waals surface area contributed by atoms with Crippen molar-refractivity contribution in [1.29, 1.82) is 0 Å². The fourth-order valence-corrected chi connectivity index (χ4v) is 8.92. The topological polar surface area (TPSA) is 192 Å². The normalized spacial score (nSPS) is 15.9. The molecule has 4 atom stereocenters. The average Bonchev–Trinajstić information content (AvgIpc) is 2.88. The van der Waals surface area contributed by atoms with Crippen LogP contribution in [0.1, 0.15) is 271 Å². The van der Waals surface area contributed by atoms with Gasteiger partial charge in [0, 0.05) is 65.3 Å². The number of hydrogen-bond acceptors (Lipinski definition) is 16. The van der Waals surface area contributed by atoms with Crippen molar-refractivity contribution in [1.82, 2.24) is 5.32 Å². The van der Waals surface area contributed by atoms with Gasteiger partial charge in [-0.2, -0.15) is 0 Å². The first kappa shape index (κ1) is 84.6. The third kappa shape index (κ3) is 50.3. The van der Waals surface area contributed by atoms with E-state index in [0.29, 0.717) is 130 Å². The van der Waals surface area contributed by atoms with E-state index in [1.165, 1.54) is 0 Å². The summed E-state index contributed by atoms with van der Waals surface area (Å²) in [5.74, 6) is 0.00934. The summed E-state index contributed by atoms with van der Waals surface area (Å²) in [5, 5.41) is 2.94. The van der Waals surface area contributed by atoms with Crippen molar-refractivity contribution >= 4 is 11.7 Å². The van der Waals surface area contributed by atoms with E-state index in [0.717, 1.165) is 12.8 Å². The number of amides is 1. The Kier molecular flexibility index (Phi) is 36.7. The molecule has 0 heterocycles. The Bertz CT molecular complexity index is 1840. The number of carbonyl (C=O) groups excluding carboxylic acids is 2. The number of carbonyl (C=O) groups is 2. The predicted octanol–water partition coefficient (Wildman–Crippen LogP) is 14.0. The van der Waals surface area contributed by atoms with Gasteiger partial charge >= 0.3 is 0 Å². The van der Waals surface area contributed by atoms with E-state index in [1.807, 2.05) is 20.8 Å². The maximum Gasteiger partial charge on any atom is 0.220 e. The lowest BCUT2D eigenvalue weighted by atomic mass is 9.98. The molecule has 17 heteroatoms. The predicted molar refractivity (Wildman–Crippen MR) is 348 cm³/mol. The molecule has 0 aromatic heterocycles. The summed E-state index contributed by atoms with van der Waals surface area (Å²) in [4.78, 5) is 23.7. The second kappa shape index (κ2) is 37.3. The molecule has 0 spiro atoms. The first-order valence-corrected chi connectivity index (χ1v) is 32.6. The summed E-state index contributed by atoms with van der Waals surface area (Å²) in [7, 11) is 0. The molecule has 514 valence electrons. The Hall–Kier alpha value is -1.42. The molecule has 0 aromatic rings.